The lowest BCUT2D eigenvalue weighted by molar-refractivity contribution is -0.118. The smallest absolute Gasteiger partial charge is 0.262 e. The van der Waals surface area contributed by atoms with E-state index in [-0.39, 0.29) is 16.7 Å². The van der Waals surface area contributed by atoms with Crippen molar-refractivity contribution in [2.75, 3.05) is 11.9 Å². The molecule has 2 aromatic carbocycles. The third kappa shape index (κ3) is 4.37. The van der Waals surface area contributed by atoms with Crippen LogP contribution >= 0.6 is 34.8 Å². The van der Waals surface area contributed by atoms with E-state index in [0.717, 1.165) is 6.29 Å². The van der Waals surface area contributed by atoms with Crippen molar-refractivity contribution in [3.05, 3.63) is 57.0 Å². The van der Waals surface area contributed by atoms with Crippen LogP contribution in [-0.4, -0.2) is 18.8 Å². The van der Waals surface area contributed by atoms with Gasteiger partial charge in [-0.1, -0.05) is 34.8 Å². The highest BCUT2D eigenvalue weighted by molar-refractivity contribution is 6.44. The van der Waals surface area contributed by atoms with Gasteiger partial charge in [0, 0.05) is 5.56 Å². The Hall–Kier alpha value is -1.75. The summed E-state index contributed by atoms with van der Waals surface area (Å²) in [5.74, 6) is 0.0701. The largest absolute Gasteiger partial charge is 0.484 e. The first-order valence-electron chi connectivity index (χ1n) is 6.12. The predicted molar refractivity (Wildman–Crippen MR) is 87.4 cm³/mol. The van der Waals surface area contributed by atoms with Crippen LogP contribution in [0.25, 0.3) is 0 Å². The summed E-state index contributed by atoms with van der Waals surface area (Å²) in [7, 11) is 0. The van der Waals surface area contributed by atoms with E-state index in [0.29, 0.717) is 22.0 Å². The summed E-state index contributed by atoms with van der Waals surface area (Å²) in [6, 6.07) is 9.29. The van der Waals surface area contributed by atoms with E-state index >= 15 is 0 Å². The zero-order chi connectivity index (χ0) is 16.1. The summed E-state index contributed by atoms with van der Waals surface area (Å²) in [4.78, 5) is 22.4. The van der Waals surface area contributed by atoms with Crippen LogP contribution in [-0.2, 0) is 4.79 Å². The van der Waals surface area contributed by atoms with Crippen molar-refractivity contribution in [1.82, 2.24) is 0 Å². The van der Waals surface area contributed by atoms with Crippen molar-refractivity contribution in [2.24, 2.45) is 0 Å². The second-order valence-corrected chi connectivity index (χ2v) is 5.49. The molecule has 0 fully saturated rings. The second-order valence-electron chi connectivity index (χ2n) is 4.27. The maximum Gasteiger partial charge on any atom is 0.262 e. The van der Waals surface area contributed by atoms with Crippen LogP contribution in [0.3, 0.4) is 0 Å². The van der Waals surface area contributed by atoms with E-state index < -0.39 is 5.91 Å². The molecular formula is C15H10Cl3NO3. The summed E-state index contributed by atoms with van der Waals surface area (Å²) in [5.41, 5.74) is 0.875. The van der Waals surface area contributed by atoms with Gasteiger partial charge in [0.15, 0.2) is 6.61 Å². The van der Waals surface area contributed by atoms with Gasteiger partial charge in [0.2, 0.25) is 0 Å². The SMILES string of the molecule is O=Cc1ccc(OCC(=O)Nc2cc(Cl)c(Cl)cc2Cl)cc1. The minimum Gasteiger partial charge on any atom is -0.484 e. The van der Waals surface area contributed by atoms with Crippen LogP contribution in [0.15, 0.2) is 36.4 Å². The van der Waals surface area contributed by atoms with Gasteiger partial charge in [0.1, 0.15) is 12.0 Å². The van der Waals surface area contributed by atoms with Crippen molar-refractivity contribution in [3.8, 4) is 5.75 Å². The molecule has 0 aliphatic heterocycles. The molecule has 2 rings (SSSR count). The third-order valence-corrected chi connectivity index (χ3v) is 3.71. The Balaban J connectivity index is 1.95. The third-order valence-electron chi connectivity index (χ3n) is 2.67. The summed E-state index contributed by atoms with van der Waals surface area (Å²) in [6.07, 6.45) is 0.725. The first-order valence-corrected chi connectivity index (χ1v) is 7.25. The molecule has 114 valence electrons. The number of anilines is 1. The average Bonchev–Trinajstić information content (AvgIpc) is 2.51. The zero-order valence-corrected chi connectivity index (χ0v) is 13.4. The van der Waals surface area contributed by atoms with Crippen molar-refractivity contribution in [2.45, 2.75) is 0 Å². The highest BCUT2D eigenvalue weighted by Gasteiger charge is 2.10. The summed E-state index contributed by atoms with van der Waals surface area (Å²) in [5, 5.41) is 3.44. The number of aldehydes is 1. The Morgan fingerprint density at radius 3 is 2.32 bits per heavy atom. The summed E-state index contributed by atoms with van der Waals surface area (Å²) < 4.78 is 5.30. The number of ether oxygens (including phenoxy) is 1. The minimum absolute atomic E-state index is 0.211. The van der Waals surface area contributed by atoms with Crippen LogP contribution in [0.5, 0.6) is 5.75 Å². The van der Waals surface area contributed by atoms with Crippen LogP contribution in [0, 0.1) is 0 Å². The van der Waals surface area contributed by atoms with Crippen LogP contribution in [0.2, 0.25) is 15.1 Å². The van der Waals surface area contributed by atoms with Gasteiger partial charge in [-0.25, -0.2) is 0 Å². The van der Waals surface area contributed by atoms with Crippen molar-refractivity contribution in [3.63, 3.8) is 0 Å². The predicted octanol–water partition coefficient (Wildman–Crippen LogP) is 4.48. The van der Waals surface area contributed by atoms with Gasteiger partial charge in [-0.2, -0.15) is 0 Å². The fourth-order valence-electron chi connectivity index (χ4n) is 1.60. The lowest BCUT2D eigenvalue weighted by Gasteiger charge is -2.10. The molecule has 0 atom stereocenters. The molecule has 7 heteroatoms. The molecule has 0 aromatic heterocycles. The van der Waals surface area contributed by atoms with Gasteiger partial charge < -0.3 is 10.1 Å². The molecule has 0 bridgehead atoms. The first-order chi connectivity index (χ1) is 10.5. The Bertz CT molecular complexity index is 702. The highest BCUT2D eigenvalue weighted by atomic mass is 35.5. The van der Waals surface area contributed by atoms with Gasteiger partial charge in [0.05, 0.1) is 20.8 Å². The van der Waals surface area contributed by atoms with Crippen molar-refractivity contribution >= 4 is 52.7 Å². The maximum atomic E-state index is 11.8. The number of rotatable bonds is 5. The summed E-state index contributed by atoms with van der Waals surface area (Å²) >= 11 is 17.6. The molecule has 0 radical (unpaired) electrons. The standard InChI is InChI=1S/C15H10Cl3NO3/c16-11-5-13(18)14(6-12(11)17)19-15(21)8-22-10-3-1-9(7-20)2-4-10/h1-7H,8H2,(H,19,21). The maximum absolute atomic E-state index is 11.8. The number of hydrogen-bond acceptors (Lipinski definition) is 3. The lowest BCUT2D eigenvalue weighted by Crippen LogP contribution is -2.20. The van der Waals surface area contributed by atoms with Crippen LogP contribution in [0.4, 0.5) is 5.69 Å². The fourth-order valence-corrected chi connectivity index (χ4v) is 2.19. The Morgan fingerprint density at radius 2 is 1.68 bits per heavy atom. The average molecular weight is 359 g/mol. The number of benzene rings is 2. The molecule has 0 aliphatic carbocycles. The van der Waals surface area contributed by atoms with Gasteiger partial charge in [0.25, 0.3) is 5.91 Å². The summed E-state index contributed by atoms with van der Waals surface area (Å²) in [6.45, 7) is -0.211. The normalized spacial score (nSPS) is 10.1. The number of carbonyl (C=O) groups excluding carboxylic acids is 2. The lowest BCUT2D eigenvalue weighted by atomic mass is 10.2. The quantitative estimate of drug-likeness (QED) is 0.633. The van der Waals surface area contributed by atoms with E-state index in [4.69, 9.17) is 39.5 Å². The molecule has 1 N–H and O–H groups in total. The molecule has 2 aromatic rings. The minimum atomic E-state index is -0.403. The van der Waals surface area contributed by atoms with Gasteiger partial charge in [-0.05, 0) is 36.4 Å². The first kappa shape index (κ1) is 16.6. The molecule has 0 unspecified atom stereocenters. The molecule has 0 saturated carbocycles. The molecule has 0 spiro atoms. The second kappa shape index (κ2) is 7.49. The number of hydrogen-bond donors (Lipinski definition) is 1. The molecule has 22 heavy (non-hydrogen) atoms. The Morgan fingerprint density at radius 1 is 1.05 bits per heavy atom. The molecule has 0 saturated heterocycles. The molecule has 1 amide bonds. The highest BCUT2D eigenvalue weighted by Crippen LogP contribution is 2.32. The monoisotopic (exact) mass is 357 g/mol. The van der Waals surface area contributed by atoms with Crippen molar-refractivity contribution in [1.29, 1.82) is 0 Å². The molecular weight excluding hydrogens is 349 g/mol. The molecule has 4 nitrogen and oxygen atoms in total. The van der Waals surface area contributed by atoms with Crippen LogP contribution in [0.1, 0.15) is 10.4 Å². The van der Waals surface area contributed by atoms with E-state index in [1.807, 2.05) is 0 Å². The zero-order valence-electron chi connectivity index (χ0n) is 11.1. The topological polar surface area (TPSA) is 55.4 Å². The number of amides is 1. The van der Waals surface area contributed by atoms with E-state index in [1.54, 1.807) is 24.3 Å². The van der Waals surface area contributed by atoms with E-state index in [9.17, 15) is 9.59 Å². The van der Waals surface area contributed by atoms with Gasteiger partial charge >= 0.3 is 0 Å². The van der Waals surface area contributed by atoms with E-state index in [1.165, 1.54) is 12.1 Å². The Labute approximate surface area is 141 Å². The fraction of sp³-hybridized carbons (Fsp3) is 0.0667. The number of halogens is 3. The Kier molecular flexibility index (Phi) is 5.66. The van der Waals surface area contributed by atoms with Crippen molar-refractivity contribution < 1.29 is 14.3 Å². The van der Waals surface area contributed by atoms with Gasteiger partial charge in [-0.3, -0.25) is 9.59 Å². The number of carbonyl (C=O) groups is 2. The molecule has 0 aliphatic rings. The van der Waals surface area contributed by atoms with Crippen LogP contribution < -0.4 is 10.1 Å². The van der Waals surface area contributed by atoms with Gasteiger partial charge in [-0.15, -0.1) is 0 Å². The molecule has 0 heterocycles. The van der Waals surface area contributed by atoms with E-state index in [2.05, 4.69) is 5.32 Å². The number of nitrogens with one attached hydrogen (secondary N) is 1.